The lowest BCUT2D eigenvalue weighted by Crippen LogP contribution is -2.23. The first kappa shape index (κ1) is 21.3. The molecule has 0 saturated heterocycles. The van der Waals surface area contributed by atoms with Crippen LogP contribution in [0.5, 0.6) is 5.75 Å². The molecule has 8 nitrogen and oxygen atoms in total. The second kappa shape index (κ2) is 9.44. The molecule has 0 saturated carbocycles. The smallest absolute Gasteiger partial charge is 0.344 e. The van der Waals surface area contributed by atoms with Crippen LogP contribution in [-0.2, 0) is 14.3 Å². The second-order valence-electron chi connectivity index (χ2n) is 6.81. The molecule has 1 N–H and O–H groups in total. The number of carbonyl (C=O) groups is 2. The number of aryl methyl sites for hydroxylation is 1. The van der Waals surface area contributed by atoms with Crippen molar-refractivity contribution >= 4 is 39.3 Å². The van der Waals surface area contributed by atoms with Crippen LogP contribution < -0.4 is 15.7 Å². The van der Waals surface area contributed by atoms with Crippen molar-refractivity contribution in [2.24, 2.45) is 0 Å². The zero-order valence-corrected chi connectivity index (χ0v) is 17.8. The van der Waals surface area contributed by atoms with Crippen LogP contribution in [0.4, 0.5) is 5.13 Å². The quantitative estimate of drug-likeness (QED) is 0.337. The standard InChI is InChI=1S/C23H18N2O6S/c1-14-9-21(27)31-19-10-16(7-8-17(14)19)29-12-22(28)30-11-20(26)25-23-24-18(13-32-23)15-5-3-2-4-6-15/h2-10,13H,11-12H2,1H3,(H,24,25,26). The molecule has 4 aromatic rings. The first-order chi connectivity index (χ1) is 15.5. The number of hydrogen-bond acceptors (Lipinski definition) is 8. The minimum atomic E-state index is -0.713. The molecule has 162 valence electrons. The fourth-order valence-corrected chi connectivity index (χ4v) is 3.69. The molecule has 32 heavy (non-hydrogen) atoms. The van der Waals surface area contributed by atoms with E-state index in [0.29, 0.717) is 16.5 Å². The summed E-state index contributed by atoms with van der Waals surface area (Å²) in [6.07, 6.45) is 0. The van der Waals surface area contributed by atoms with Crippen molar-refractivity contribution < 1.29 is 23.5 Å². The van der Waals surface area contributed by atoms with E-state index < -0.39 is 30.7 Å². The van der Waals surface area contributed by atoms with Gasteiger partial charge in [-0.3, -0.25) is 10.1 Å². The average Bonchev–Trinajstić information content (AvgIpc) is 3.25. The van der Waals surface area contributed by atoms with E-state index in [4.69, 9.17) is 13.9 Å². The van der Waals surface area contributed by atoms with E-state index >= 15 is 0 Å². The highest BCUT2D eigenvalue weighted by Crippen LogP contribution is 2.24. The number of rotatable bonds is 7. The zero-order valence-electron chi connectivity index (χ0n) is 17.0. The van der Waals surface area contributed by atoms with Crippen molar-refractivity contribution in [1.82, 2.24) is 4.98 Å². The number of hydrogen-bond donors (Lipinski definition) is 1. The number of nitrogens with one attached hydrogen (secondary N) is 1. The Labute approximate surface area is 186 Å². The number of fused-ring (bicyclic) bond motifs is 1. The van der Waals surface area contributed by atoms with E-state index in [9.17, 15) is 14.4 Å². The highest BCUT2D eigenvalue weighted by atomic mass is 32.1. The highest BCUT2D eigenvalue weighted by molar-refractivity contribution is 7.14. The molecule has 0 radical (unpaired) electrons. The summed E-state index contributed by atoms with van der Waals surface area (Å²) in [6, 6.07) is 15.9. The topological polar surface area (TPSA) is 108 Å². The fourth-order valence-electron chi connectivity index (χ4n) is 2.95. The Hall–Kier alpha value is -3.98. The molecule has 1 amide bonds. The molecular formula is C23H18N2O6S. The predicted molar refractivity (Wildman–Crippen MR) is 120 cm³/mol. The molecule has 0 aliphatic carbocycles. The minimum Gasteiger partial charge on any atom is -0.482 e. The van der Waals surface area contributed by atoms with Gasteiger partial charge in [0.1, 0.15) is 11.3 Å². The Bertz CT molecular complexity index is 1330. The molecule has 2 aromatic heterocycles. The predicted octanol–water partition coefficient (Wildman–Crippen LogP) is 3.79. The van der Waals surface area contributed by atoms with Crippen LogP contribution in [0.25, 0.3) is 22.2 Å². The number of carbonyl (C=O) groups excluding carboxylic acids is 2. The van der Waals surface area contributed by atoms with Gasteiger partial charge in [0.15, 0.2) is 18.3 Å². The summed E-state index contributed by atoms with van der Waals surface area (Å²) < 4.78 is 15.5. The summed E-state index contributed by atoms with van der Waals surface area (Å²) >= 11 is 1.28. The fraction of sp³-hybridized carbons (Fsp3) is 0.130. The third-order valence-electron chi connectivity index (χ3n) is 4.46. The van der Waals surface area contributed by atoms with Crippen molar-refractivity contribution in [2.75, 3.05) is 18.5 Å². The Morgan fingerprint density at radius 1 is 1.09 bits per heavy atom. The molecule has 2 aromatic carbocycles. The van der Waals surface area contributed by atoms with E-state index in [1.807, 2.05) is 35.7 Å². The maximum Gasteiger partial charge on any atom is 0.344 e. The molecule has 2 heterocycles. The Morgan fingerprint density at radius 2 is 1.91 bits per heavy atom. The van der Waals surface area contributed by atoms with Crippen LogP contribution >= 0.6 is 11.3 Å². The number of aromatic nitrogens is 1. The number of ether oxygens (including phenoxy) is 2. The molecule has 0 bridgehead atoms. The third-order valence-corrected chi connectivity index (χ3v) is 5.22. The molecule has 4 rings (SSSR count). The lowest BCUT2D eigenvalue weighted by atomic mass is 10.1. The van der Waals surface area contributed by atoms with Crippen molar-refractivity contribution in [3.63, 3.8) is 0 Å². The van der Waals surface area contributed by atoms with E-state index in [-0.39, 0.29) is 0 Å². The van der Waals surface area contributed by atoms with Crippen LogP contribution in [0.3, 0.4) is 0 Å². The van der Waals surface area contributed by atoms with Gasteiger partial charge in [0.2, 0.25) is 0 Å². The normalized spacial score (nSPS) is 10.7. The van der Waals surface area contributed by atoms with Gasteiger partial charge in [-0.2, -0.15) is 0 Å². The van der Waals surface area contributed by atoms with Crippen LogP contribution in [0.2, 0.25) is 0 Å². The van der Waals surface area contributed by atoms with Crippen molar-refractivity contribution in [3.05, 3.63) is 76.0 Å². The lowest BCUT2D eigenvalue weighted by Gasteiger charge is -2.08. The van der Waals surface area contributed by atoms with E-state index in [2.05, 4.69) is 10.3 Å². The van der Waals surface area contributed by atoms with Crippen LogP contribution in [0.15, 0.2) is 69.2 Å². The molecule has 9 heteroatoms. The molecule has 0 fully saturated rings. The summed E-state index contributed by atoms with van der Waals surface area (Å²) in [4.78, 5) is 39.8. The van der Waals surface area contributed by atoms with Gasteiger partial charge in [0.25, 0.3) is 5.91 Å². The summed E-state index contributed by atoms with van der Waals surface area (Å²) in [5.41, 5.74) is 2.37. The number of amides is 1. The van der Waals surface area contributed by atoms with Gasteiger partial charge in [-0.25, -0.2) is 14.6 Å². The Balaban J connectivity index is 1.26. The average molecular weight is 450 g/mol. The maximum atomic E-state index is 12.0. The summed E-state index contributed by atoms with van der Waals surface area (Å²) in [6.45, 7) is 0.939. The number of benzene rings is 2. The van der Waals surface area contributed by atoms with E-state index in [1.54, 1.807) is 19.1 Å². The first-order valence-corrected chi connectivity index (χ1v) is 10.5. The highest BCUT2D eigenvalue weighted by Gasteiger charge is 2.12. The number of thiazole rings is 1. The lowest BCUT2D eigenvalue weighted by molar-refractivity contribution is -0.149. The van der Waals surface area contributed by atoms with Gasteiger partial charge in [-0.05, 0) is 24.6 Å². The van der Waals surface area contributed by atoms with Crippen LogP contribution in [-0.4, -0.2) is 30.1 Å². The van der Waals surface area contributed by atoms with Gasteiger partial charge in [0.05, 0.1) is 5.69 Å². The summed E-state index contributed by atoms with van der Waals surface area (Å²) in [7, 11) is 0. The summed E-state index contributed by atoms with van der Waals surface area (Å²) in [5, 5.41) is 5.61. The van der Waals surface area contributed by atoms with Gasteiger partial charge in [-0.15, -0.1) is 11.3 Å². The number of anilines is 1. The Morgan fingerprint density at radius 3 is 2.72 bits per heavy atom. The molecule has 0 unspecified atom stereocenters. The Kier molecular flexibility index (Phi) is 6.27. The van der Waals surface area contributed by atoms with E-state index in [0.717, 1.165) is 22.2 Å². The largest absolute Gasteiger partial charge is 0.482 e. The second-order valence-corrected chi connectivity index (χ2v) is 7.67. The van der Waals surface area contributed by atoms with Crippen LogP contribution in [0.1, 0.15) is 5.56 Å². The van der Waals surface area contributed by atoms with Crippen molar-refractivity contribution in [3.8, 4) is 17.0 Å². The van der Waals surface area contributed by atoms with Crippen LogP contribution in [0, 0.1) is 6.92 Å². The SMILES string of the molecule is Cc1cc(=O)oc2cc(OCC(=O)OCC(=O)Nc3nc(-c4ccccc4)cs3)ccc12. The molecule has 0 aliphatic heterocycles. The monoisotopic (exact) mass is 450 g/mol. The number of nitrogens with zero attached hydrogens (tertiary/aromatic N) is 1. The maximum absolute atomic E-state index is 12.0. The van der Waals surface area contributed by atoms with Crippen molar-refractivity contribution in [2.45, 2.75) is 6.92 Å². The van der Waals surface area contributed by atoms with Gasteiger partial charge < -0.3 is 13.9 Å². The summed E-state index contributed by atoms with van der Waals surface area (Å²) in [5.74, 6) is -0.880. The molecule has 0 aliphatic rings. The minimum absolute atomic E-state index is 0.337. The van der Waals surface area contributed by atoms with Gasteiger partial charge in [-0.1, -0.05) is 30.3 Å². The van der Waals surface area contributed by atoms with Gasteiger partial charge in [0, 0.05) is 28.5 Å². The molecule has 0 spiro atoms. The molecular weight excluding hydrogens is 432 g/mol. The third kappa shape index (κ3) is 5.19. The number of esters is 1. The van der Waals surface area contributed by atoms with E-state index in [1.165, 1.54) is 23.5 Å². The first-order valence-electron chi connectivity index (χ1n) is 9.62. The van der Waals surface area contributed by atoms with Gasteiger partial charge >= 0.3 is 11.6 Å². The molecule has 0 atom stereocenters. The van der Waals surface area contributed by atoms with Crippen molar-refractivity contribution in [1.29, 1.82) is 0 Å². The zero-order chi connectivity index (χ0) is 22.5.